The molecule has 4 rings (SSSR count). The van der Waals surface area contributed by atoms with Gasteiger partial charge in [0.15, 0.2) is 11.2 Å². The molecule has 0 radical (unpaired) electrons. The number of fused-ring (bicyclic) bond motifs is 1. The van der Waals surface area contributed by atoms with E-state index in [1.54, 1.807) is 17.6 Å². The van der Waals surface area contributed by atoms with E-state index >= 15 is 4.39 Å². The Morgan fingerprint density at radius 3 is 2.56 bits per heavy atom. The Kier molecular flexibility index (Phi) is 5.74. The number of pyridine rings is 1. The van der Waals surface area contributed by atoms with Crippen LogP contribution < -0.4 is 16.1 Å². The molecule has 1 amide bonds. The number of nitrogens with zero attached hydrogens (tertiary/aromatic N) is 3. The minimum absolute atomic E-state index is 0.0347. The molecule has 4 aromatic rings. The standard InChI is InChI=1S/C25H25FN4O4/c1-25(2,3)23(33)21-10-18(20-9-16(32)5-6-30(20)21)24(34)28-19-8-14(13-31)7-17(22(19)26)15-11-27-29(4)12-15/h5-12,31,33H,13H2,1-4H3,(H,28,34)/b23-21-. The largest absolute Gasteiger partial charge is 0.510 e. The molecule has 0 unspecified atom stereocenters. The Hall–Kier alpha value is -3.98. The van der Waals surface area contributed by atoms with Gasteiger partial charge < -0.3 is 19.9 Å². The molecule has 0 saturated heterocycles. The number of anilines is 1. The molecule has 3 aromatic heterocycles. The molecule has 0 bridgehead atoms. The summed E-state index contributed by atoms with van der Waals surface area (Å²) in [5.41, 5.74) is 0.396. The van der Waals surface area contributed by atoms with Gasteiger partial charge in [0.25, 0.3) is 5.91 Å². The van der Waals surface area contributed by atoms with Gasteiger partial charge >= 0.3 is 0 Å². The lowest BCUT2D eigenvalue weighted by Crippen LogP contribution is -2.21. The van der Waals surface area contributed by atoms with Gasteiger partial charge in [-0.3, -0.25) is 14.3 Å². The van der Waals surface area contributed by atoms with Gasteiger partial charge in [-0.1, -0.05) is 20.8 Å². The monoisotopic (exact) mass is 464 g/mol. The van der Waals surface area contributed by atoms with Crippen LogP contribution >= 0.6 is 0 Å². The molecular weight excluding hydrogens is 439 g/mol. The summed E-state index contributed by atoms with van der Waals surface area (Å²) >= 11 is 0. The van der Waals surface area contributed by atoms with Crippen molar-refractivity contribution in [3.63, 3.8) is 0 Å². The van der Waals surface area contributed by atoms with Gasteiger partial charge in [-0.15, -0.1) is 0 Å². The molecule has 8 nitrogen and oxygen atoms in total. The highest BCUT2D eigenvalue weighted by Gasteiger charge is 2.23. The molecule has 176 valence electrons. The number of aliphatic hydroxyl groups is 2. The summed E-state index contributed by atoms with van der Waals surface area (Å²) in [6.45, 7) is 5.10. The van der Waals surface area contributed by atoms with Crippen molar-refractivity contribution in [1.82, 2.24) is 14.2 Å². The van der Waals surface area contributed by atoms with E-state index < -0.39 is 17.1 Å². The van der Waals surface area contributed by atoms with Crippen LogP contribution in [0.1, 0.15) is 36.7 Å². The first kappa shape index (κ1) is 23.2. The van der Waals surface area contributed by atoms with Crippen LogP contribution in [0.25, 0.3) is 22.4 Å². The van der Waals surface area contributed by atoms with Crippen molar-refractivity contribution >= 4 is 22.9 Å². The molecule has 0 atom stereocenters. The summed E-state index contributed by atoms with van der Waals surface area (Å²) in [5.74, 6) is -1.31. The quantitative estimate of drug-likeness (QED) is 0.430. The number of hydrogen-bond acceptors (Lipinski definition) is 5. The predicted molar refractivity (Wildman–Crippen MR) is 127 cm³/mol. The molecule has 0 fully saturated rings. The minimum atomic E-state index is -0.684. The number of amides is 1. The van der Waals surface area contributed by atoms with E-state index in [0.717, 1.165) is 0 Å². The van der Waals surface area contributed by atoms with Crippen LogP contribution in [-0.2, 0) is 13.7 Å². The predicted octanol–water partition coefficient (Wildman–Crippen LogP) is 3.01. The number of benzene rings is 1. The van der Waals surface area contributed by atoms with E-state index in [1.807, 2.05) is 20.8 Å². The summed E-state index contributed by atoms with van der Waals surface area (Å²) in [4.78, 5) is 25.3. The number of carbonyl (C=O) groups excluding carboxylic acids is 1. The third-order valence-electron chi connectivity index (χ3n) is 5.52. The molecule has 1 aromatic carbocycles. The third-order valence-corrected chi connectivity index (χ3v) is 5.52. The molecular formula is C25H25FN4O4. The van der Waals surface area contributed by atoms with Gasteiger partial charge in [0.1, 0.15) is 5.76 Å². The number of nitrogens with one attached hydrogen (secondary N) is 1. The van der Waals surface area contributed by atoms with Crippen molar-refractivity contribution in [2.45, 2.75) is 27.4 Å². The average Bonchev–Trinajstić information content (AvgIpc) is 3.37. The van der Waals surface area contributed by atoms with E-state index in [-0.39, 0.29) is 40.1 Å². The highest BCUT2D eigenvalue weighted by atomic mass is 19.1. The number of aryl methyl sites for hydroxylation is 1. The highest BCUT2D eigenvalue weighted by molar-refractivity contribution is 6.09. The lowest BCUT2D eigenvalue weighted by atomic mass is 9.93. The number of hydrogen-bond donors (Lipinski definition) is 3. The fourth-order valence-corrected chi connectivity index (χ4v) is 3.75. The van der Waals surface area contributed by atoms with Crippen molar-refractivity contribution in [1.29, 1.82) is 0 Å². The fraction of sp³-hybridized carbons (Fsp3) is 0.240. The van der Waals surface area contributed by atoms with Gasteiger partial charge in [-0.2, -0.15) is 5.10 Å². The molecule has 9 heteroatoms. The molecule has 34 heavy (non-hydrogen) atoms. The first-order valence-electron chi connectivity index (χ1n) is 10.6. The number of aliphatic hydroxyl groups excluding tert-OH is 2. The summed E-state index contributed by atoms with van der Waals surface area (Å²) < 4.78 is 18.5. The van der Waals surface area contributed by atoms with Crippen molar-refractivity contribution in [2.75, 3.05) is 5.32 Å². The fourth-order valence-electron chi connectivity index (χ4n) is 3.75. The van der Waals surface area contributed by atoms with Gasteiger partial charge in [0, 0.05) is 48.1 Å². The molecule has 0 spiro atoms. The topological polar surface area (TPSA) is 109 Å². The van der Waals surface area contributed by atoms with E-state index in [9.17, 15) is 19.8 Å². The first-order chi connectivity index (χ1) is 16.0. The van der Waals surface area contributed by atoms with Crippen LogP contribution in [0.3, 0.4) is 0 Å². The van der Waals surface area contributed by atoms with Crippen LogP contribution in [0.4, 0.5) is 10.1 Å². The van der Waals surface area contributed by atoms with Crippen LogP contribution in [0.5, 0.6) is 0 Å². The van der Waals surface area contributed by atoms with Crippen molar-refractivity contribution in [3.8, 4) is 11.1 Å². The maximum atomic E-state index is 15.4. The van der Waals surface area contributed by atoms with E-state index in [1.165, 1.54) is 47.4 Å². The molecule has 3 N–H and O–H groups in total. The van der Waals surface area contributed by atoms with Gasteiger partial charge in [0.05, 0.1) is 34.9 Å². The summed E-state index contributed by atoms with van der Waals surface area (Å²) in [6, 6.07) is 6.94. The highest BCUT2D eigenvalue weighted by Crippen LogP contribution is 2.30. The average molecular weight is 464 g/mol. The Labute approximate surface area is 194 Å². The van der Waals surface area contributed by atoms with Crippen LogP contribution in [0.15, 0.2) is 53.7 Å². The maximum Gasteiger partial charge on any atom is 0.257 e. The lowest BCUT2D eigenvalue weighted by molar-refractivity contribution is 0.102. The van der Waals surface area contributed by atoms with Crippen LogP contribution in [0, 0.1) is 11.2 Å². The maximum absolute atomic E-state index is 15.4. The van der Waals surface area contributed by atoms with Crippen LogP contribution in [-0.4, -0.2) is 30.3 Å². The second-order valence-electron chi connectivity index (χ2n) is 9.18. The smallest absolute Gasteiger partial charge is 0.257 e. The second kappa shape index (κ2) is 8.42. The number of rotatable bonds is 4. The number of carbonyl (C=O) groups is 1. The second-order valence-corrected chi connectivity index (χ2v) is 9.18. The molecule has 0 aliphatic carbocycles. The van der Waals surface area contributed by atoms with Crippen molar-refractivity contribution in [3.05, 3.63) is 81.4 Å². The lowest BCUT2D eigenvalue weighted by Gasteiger charge is -2.16. The zero-order chi connectivity index (χ0) is 24.8. The van der Waals surface area contributed by atoms with Crippen molar-refractivity contribution < 1.29 is 19.4 Å². The van der Waals surface area contributed by atoms with Gasteiger partial charge in [0.2, 0.25) is 0 Å². The summed E-state index contributed by atoms with van der Waals surface area (Å²) in [5, 5.41) is 27.4. The molecule has 0 aliphatic rings. The minimum Gasteiger partial charge on any atom is -0.510 e. The Bertz CT molecular complexity index is 1530. The molecule has 0 aliphatic heterocycles. The zero-order valence-corrected chi connectivity index (χ0v) is 19.3. The normalized spacial score (nSPS) is 12.8. The van der Waals surface area contributed by atoms with Gasteiger partial charge in [-0.05, 0) is 23.8 Å². The van der Waals surface area contributed by atoms with Crippen molar-refractivity contribution in [2.24, 2.45) is 12.5 Å². The van der Waals surface area contributed by atoms with E-state index in [4.69, 9.17) is 0 Å². The third kappa shape index (κ3) is 4.17. The first-order valence-corrected chi connectivity index (χ1v) is 10.6. The number of halogens is 1. The SMILES string of the molecule is Cn1cc(-c2cc(CO)cc(NC(=O)c3c/c(=C(/O)C(C)(C)C)n4ccc(=O)cc34)c2F)cn1. The zero-order valence-electron chi connectivity index (χ0n) is 19.3. The van der Waals surface area contributed by atoms with E-state index in [2.05, 4.69) is 10.4 Å². The Morgan fingerprint density at radius 1 is 1.21 bits per heavy atom. The van der Waals surface area contributed by atoms with Crippen LogP contribution in [0.2, 0.25) is 0 Å². The number of aromatic nitrogens is 3. The summed E-state index contributed by atoms with van der Waals surface area (Å²) in [6.07, 6.45) is 4.60. The molecule has 3 heterocycles. The Morgan fingerprint density at radius 2 is 1.94 bits per heavy atom. The summed E-state index contributed by atoms with van der Waals surface area (Å²) in [7, 11) is 1.70. The van der Waals surface area contributed by atoms with Gasteiger partial charge in [-0.25, -0.2) is 4.39 Å². The Balaban J connectivity index is 1.85. The van der Waals surface area contributed by atoms with E-state index in [0.29, 0.717) is 16.5 Å². The molecule has 0 saturated carbocycles.